The molecule has 0 bridgehead atoms. The average Bonchev–Trinajstić information content (AvgIpc) is 2.00. The lowest BCUT2D eigenvalue weighted by Gasteiger charge is -2.32. The van der Waals surface area contributed by atoms with E-state index in [0.717, 1.165) is 6.42 Å². The Morgan fingerprint density at radius 3 is 2.14 bits per heavy atom. The van der Waals surface area contributed by atoms with Gasteiger partial charge in [-0.25, -0.2) is 4.79 Å². The first-order valence-electron chi connectivity index (χ1n) is 5.12. The van der Waals surface area contributed by atoms with Crippen molar-refractivity contribution in [1.29, 1.82) is 0 Å². The topological polar surface area (TPSA) is 38.3 Å². The predicted octanol–water partition coefficient (Wildman–Crippen LogP) is 2.80. The van der Waals surface area contributed by atoms with Crippen LogP contribution in [0.5, 0.6) is 0 Å². The molecule has 0 rings (SSSR count). The molecule has 0 spiro atoms. The SMILES string of the molecule is COC(=O)N[C@H](CC(C)C)C(C)(C)C. The molecule has 0 radical (unpaired) electrons. The van der Waals surface area contributed by atoms with Gasteiger partial charge >= 0.3 is 6.09 Å². The van der Waals surface area contributed by atoms with E-state index in [-0.39, 0.29) is 17.6 Å². The average molecular weight is 201 g/mol. The van der Waals surface area contributed by atoms with Crippen molar-refractivity contribution in [1.82, 2.24) is 5.32 Å². The van der Waals surface area contributed by atoms with Gasteiger partial charge in [-0.1, -0.05) is 34.6 Å². The molecule has 0 fully saturated rings. The van der Waals surface area contributed by atoms with Crippen molar-refractivity contribution >= 4 is 6.09 Å². The molecule has 3 nitrogen and oxygen atoms in total. The minimum Gasteiger partial charge on any atom is -0.453 e. The molecular weight excluding hydrogens is 178 g/mol. The standard InChI is InChI=1S/C11H23NO2/c1-8(2)7-9(11(3,4)5)12-10(13)14-6/h8-9H,7H2,1-6H3,(H,12,13)/t9-/m1/s1. The van der Waals surface area contributed by atoms with Crippen LogP contribution < -0.4 is 5.32 Å². The van der Waals surface area contributed by atoms with Gasteiger partial charge in [0.15, 0.2) is 0 Å². The summed E-state index contributed by atoms with van der Waals surface area (Å²) in [5.74, 6) is 0.566. The van der Waals surface area contributed by atoms with Gasteiger partial charge in [-0.2, -0.15) is 0 Å². The molecule has 84 valence electrons. The molecule has 0 aliphatic rings. The van der Waals surface area contributed by atoms with Gasteiger partial charge in [0.1, 0.15) is 0 Å². The Balaban J connectivity index is 4.33. The summed E-state index contributed by atoms with van der Waals surface area (Å²) in [5.41, 5.74) is 0.0679. The number of rotatable bonds is 3. The fourth-order valence-electron chi connectivity index (χ4n) is 1.30. The molecule has 0 unspecified atom stereocenters. The molecular formula is C11H23NO2. The summed E-state index contributed by atoms with van der Waals surface area (Å²) in [6.07, 6.45) is 0.629. The molecule has 0 aromatic heterocycles. The smallest absolute Gasteiger partial charge is 0.407 e. The zero-order valence-electron chi connectivity index (χ0n) is 10.2. The van der Waals surface area contributed by atoms with Crippen LogP contribution in [0.1, 0.15) is 41.0 Å². The predicted molar refractivity (Wildman–Crippen MR) is 58.2 cm³/mol. The number of ether oxygens (including phenoxy) is 1. The Labute approximate surface area is 87.2 Å². The zero-order valence-corrected chi connectivity index (χ0v) is 10.2. The molecule has 14 heavy (non-hydrogen) atoms. The van der Waals surface area contributed by atoms with Crippen LogP contribution in [0.2, 0.25) is 0 Å². The molecule has 0 aromatic carbocycles. The summed E-state index contributed by atoms with van der Waals surface area (Å²) in [6.45, 7) is 10.7. The molecule has 0 saturated carbocycles. The number of hydrogen-bond donors (Lipinski definition) is 1. The maximum Gasteiger partial charge on any atom is 0.407 e. The highest BCUT2D eigenvalue weighted by atomic mass is 16.5. The zero-order chi connectivity index (χ0) is 11.4. The molecule has 3 heteroatoms. The molecule has 0 aliphatic carbocycles. The summed E-state index contributed by atoms with van der Waals surface area (Å²) in [7, 11) is 1.39. The number of carbonyl (C=O) groups is 1. The molecule has 1 atom stereocenters. The van der Waals surface area contributed by atoms with Crippen molar-refractivity contribution in [3.8, 4) is 0 Å². The van der Waals surface area contributed by atoms with Gasteiger partial charge in [0, 0.05) is 6.04 Å². The Bertz CT molecular complexity index is 182. The van der Waals surface area contributed by atoms with E-state index in [1.54, 1.807) is 0 Å². The first kappa shape index (κ1) is 13.3. The third-order valence-corrected chi connectivity index (χ3v) is 2.23. The monoisotopic (exact) mass is 201 g/mol. The molecule has 0 aliphatic heterocycles. The second kappa shape index (κ2) is 5.23. The highest BCUT2D eigenvalue weighted by Gasteiger charge is 2.26. The maximum absolute atomic E-state index is 11.1. The first-order chi connectivity index (χ1) is 6.27. The normalized spacial score (nSPS) is 13.9. The number of alkyl carbamates (subject to hydrolysis) is 1. The summed E-state index contributed by atoms with van der Waals surface area (Å²) < 4.78 is 4.61. The lowest BCUT2D eigenvalue weighted by atomic mass is 9.82. The largest absolute Gasteiger partial charge is 0.453 e. The molecule has 1 amide bonds. The highest BCUT2D eigenvalue weighted by Crippen LogP contribution is 2.24. The van der Waals surface area contributed by atoms with Gasteiger partial charge in [0.2, 0.25) is 0 Å². The van der Waals surface area contributed by atoms with E-state index in [1.807, 2.05) is 0 Å². The van der Waals surface area contributed by atoms with Gasteiger partial charge in [0.05, 0.1) is 7.11 Å². The number of methoxy groups -OCH3 is 1. The lowest BCUT2D eigenvalue weighted by Crippen LogP contribution is -2.44. The Kier molecular flexibility index (Phi) is 4.95. The van der Waals surface area contributed by atoms with E-state index in [1.165, 1.54) is 7.11 Å². The Morgan fingerprint density at radius 2 is 1.86 bits per heavy atom. The lowest BCUT2D eigenvalue weighted by molar-refractivity contribution is 0.148. The number of carbonyl (C=O) groups excluding carboxylic acids is 1. The minimum atomic E-state index is -0.342. The van der Waals surface area contributed by atoms with Crippen LogP contribution in [0.4, 0.5) is 4.79 Å². The molecule has 0 aromatic rings. The maximum atomic E-state index is 11.1. The summed E-state index contributed by atoms with van der Waals surface area (Å²) in [6, 6.07) is 0.162. The summed E-state index contributed by atoms with van der Waals surface area (Å²) >= 11 is 0. The first-order valence-corrected chi connectivity index (χ1v) is 5.12. The van der Waals surface area contributed by atoms with Crippen molar-refractivity contribution in [3.63, 3.8) is 0 Å². The number of hydrogen-bond acceptors (Lipinski definition) is 2. The van der Waals surface area contributed by atoms with E-state index < -0.39 is 0 Å². The number of amides is 1. The quantitative estimate of drug-likeness (QED) is 0.762. The molecule has 0 saturated heterocycles. The second-order valence-electron chi connectivity index (χ2n) is 5.18. The molecule has 1 N–H and O–H groups in total. The van der Waals surface area contributed by atoms with Crippen molar-refractivity contribution < 1.29 is 9.53 Å². The van der Waals surface area contributed by atoms with E-state index in [4.69, 9.17) is 0 Å². The fourth-order valence-corrected chi connectivity index (χ4v) is 1.30. The summed E-state index contributed by atoms with van der Waals surface area (Å²) in [4.78, 5) is 11.1. The summed E-state index contributed by atoms with van der Waals surface area (Å²) in [5, 5.41) is 2.88. The van der Waals surface area contributed by atoms with Crippen LogP contribution in [0.15, 0.2) is 0 Å². The van der Waals surface area contributed by atoms with E-state index in [0.29, 0.717) is 5.92 Å². The van der Waals surface area contributed by atoms with Crippen LogP contribution in [0.3, 0.4) is 0 Å². The van der Waals surface area contributed by atoms with E-state index >= 15 is 0 Å². The van der Waals surface area contributed by atoms with Crippen LogP contribution in [-0.4, -0.2) is 19.2 Å². The Hall–Kier alpha value is -0.730. The van der Waals surface area contributed by atoms with E-state index in [9.17, 15) is 4.79 Å². The Morgan fingerprint density at radius 1 is 1.36 bits per heavy atom. The fraction of sp³-hybridized carbons (Fsp3) is 0.909. The third kappa shape index (κ3) is 5.10. The van der Waals surface area contributed by atoms with Crippen LogP contribution >= 0.6 is 0 Å². The van der Waals surface area contributed by atoms with Crippen LogP contribution in [0, 0.1) is 11.3 Å². The minimum absolute atomic E-state index is 0.0679. The van der Waals surface area contributed by atoms with Crippen molar-refractivity contribution in [2.24, 2.45) is 11.3 Å². The van der Waals surface area contributed by atoms with Crippen molar-refractivity contribution in [3.05, 3.63) is 0 Å². The van der Waals surface area contributed by atoms with Crippen LogP contribution in [-0.2, 0) is 4.74 Å². The second-order valence-corrected chi connectivity index (χ2v) is 5.18. The van der Waals surface area contributed by atoms with Crippen molar-refractivity contribution in [2.75, 3.05) is 7.11 Å². The molecule has 0 heterocycles. The highest BCUT2D eigenvalue weighted by molar-refractivity contribution is 5.67. The van der Waals surface area contributed by atoms with Gasteiger partial charge in [-0.05, 0) is 17.8 Å². The van der Waals surface area contributed by atoms with Crippen molar-refractivity contribution in [2.45, 2.75) is 47.1 Å². The van der Waals surface area contributed by atoms with Crippen LogP contribution in [0.25, 0.3) is 0 Å². The van der Waals surface area contributed by atoms with Gasteiger partial charge in [0.25, 0.3) is 0 Å². The third-order valence-electron chi connectivity index (χ3n) is 2.23. The number of nitrogens with one attached hydrogen (secondary N) is 1. The van der Waals surface area contributed by atoms with E-state index in [2.05, 4.69) is 44.7 Å². The van der Waals surface area contributed by atoms with Gasteiger partial charge in [-0.15, -0.1) is 0 Å². The van der Waals surface area contributed by atoms with Gasteiger partial charge < -0.3 is 10.1 Å². The van der Waals surface area contributed by atoms with Gasteiger partial charge in [-0.3, -0.25) is 0 Å².